The van der Waals surface area contributed by atoms with Crippen LogP contribution in [-0.2, 0) is 6.61 Å². The molecule has 2 heterocycles. The second kappa shape index (κ2) is 6.41. The summed E-state index contributed by atoms with van der Waals surface area (Å²) in [4.78, 5) is 0. The summed E-state index contributed by atoms with van der Waals surface area (Å²) < 4.78 is 22.0. The number of halogens is 1. The maximum Gasteiger partial charge on any atom is 0.247 e. The summed E-state index contributed by atoms with van der Waals surface area (Å²) in [7, 11) is 0. The van der Waals surface area contributed by atoms with Crippen LogP contribution in [0.3, 0.4) is 0 Å². The van der Waals surface area contributed by atoms with Crippen LogP contribution in [0, 0.1) is 0 Å². The van der Waals surface area contributed by atoms with Gasteiger partial charge in [0.25, 0.3) is 0 Å². The van der Waals surface area contributed by atoms with Crippen molar-refractivity contribution in [3.63, 3.8) is 0 Å². The van der Waals surface area contributed by atoms with Gasteiger partial charge in [0.15, 0.2) is 11.5 Å². The topological polar surface area (TPSA) is 66.6 Å². The first-order chi connectivity index (χ1) is 11.8. The van der Waals surface area contributed by atoms with Crippen LogP contribution in [0.4, 0.5) is 0 Å². The molecule has 0 saturated heterocycles. The monoisotopic (exact) mass is 344 g/mol. The van der Waals surface area contributed by atoms with E-state index in [1.807, 2.05) is 36.4 Å². The van der Waals surface area contributed by atoms with Crippen LogP contribution in [0.1, 0.15) is 5.56 Å². The fraction of sp³-hybridized carbons (Fsp3) is 0.176. The van der Waals surface area contributed by atoms with Gasteiger partial charge in [0, 0.05) is 5.56 Å². The van der Waals surface area contributed by atoms with Gasteiger partial charge >= 0.3 is 0 Å². The average Bonchev–Trinajstić information content (AvgIpc) is 3.15. The van der Waals surface area contributed by atoms with E-state index in [0.29, 0.717) is 42.2 Å². The smallest absolute Gasteiger partial charge is 0.247 e. The highest BCUT2D eigenvalue weighted by atomic mass is 35.5. The van der Waals surface area contributed by atoms with E-state index in [2.05, 4.69) is 10.2 Å². The third-order valence-corrected chi connectivity index (χ3v) is 3.80. The lowest BCUT2D eigenvalue weighted by atomic mass is 10.2. The average molecular weight is 345 g/mol. The Bertz CT molecular complexity index is 835. The molecule has 1 aliphatic rings. The number of benzene rings is 2. The summed E-state index contributed by atoms with van der Waals surface area (Å²) in [6.07, 6.45) is 1.30. The molecule has 0 bridgehead atoms. The number of fused-ring (bicyclic) bond motifs is 1. The number of rotatable bonds is 4. The molecule has 6 nitrogen and oxygen atoms in total. The molecular formula is C17H13ClN2O4. The van der Waals surface area contributed by atoms with Crippen LogP contribution in [0.5, 0.6) is 17.2 Å². The standard InChI is InChI=1S/C17H13ClN2O4/c18-14-7-11(8-15-16(14)22-6-5-21-15)9-23-13-3-1-12(2-4-13)17-20-19-10-24-17/h1-4,7-8,10H,5-6,9H2. The van der Waals surface area contributed by atoms with Gasteiger partial charge < -0.3 is 18.6 Å². The third-order valence-electron chi connectivity index (χ3n) is 3.52. The zero-order chi connectivity index (χ0) is 16.4. The minimum Gasteiger partial charge on any atom is -0.489 e. The predicted molar refractivity (Wildman–Crippen MR) is 86.5 cm³/mol. The van der Waals surface area contributed by atoms with Crippen molar-refractivity contribution < 1.29 is 18.6 Å². The van der Waals surface area contributed by atoms with Crippen molar-refractivity contribution in [1.82, 2.24) is 10.2 Å². The molecule has 0 saturated carbocycles. The summed E-state index contributed by atoms with van der Waals surface area (Å²) in [5.41, 5.74) is 1.74. The largest absolute Gasteiger partial charge is 0.489 e. The lowest BCUT2D eigenvalue weighted by molar-refractivity contribution is 0.171. The molecule has 0 unspecified atom stereocenters. The Balaban J connectivity index is 1.46. The summed E-state index contributed by atoms with van der Waals surface area (Å²) in [6, 6.07) is 11.1. The molecule has 4 rings (SSSR count). The summed E-state index contributed by atoms with van der Waals surface area (Å²) >= 11 is 6.22. The molecule has 122 valence electrons. The van der Waals surface area contributed by atoms with Crippen LogP contribution < -0.4 is 14.2 Å². The molecule has 0 fully saturated rings. The highest BCUT2D eigenvalue weighted by Gasteiger charge is 2.16. The van der Waals surface area contributed by atoms with Gasteiger partial charge in [0.2, 0.25) is 12.3 Å². The summed E-state index contributed by atoms with van der Waals surface area (Å²) in [5.74, 6) is 2.44. The van der Waals surface area contributed by atoms with Gasteiger partial charge in [0.05, 0.1) is 5.02 Å². The Hall–Kier alpha value is -2.73. The Morgan fingerprint density at radius 1 is 1.08 bits per heavy atom. The molecule has 7 heteroatoms. The SMILES string of the molecule is Clc1cc(COc2ccc(-c3nnco3)cc2)cc2c1OCCO2. The fourth-order valence-electron chi connectivity index (χ4n) is 2.41. The molecule has 1 aromatic heterocycles. The molecule has 3 aromatic rings. The number of ether oxygens (including phenoxy) is 3. The predicted octanol–water partition coefficient (Wildman–Crippen LogP) is 3.74. The van der Waals surface area contributed by atoms with Gasteiger partial charge in [-0.25, -0.2) is 0 Å². The number of hydrogen-bond donors (Lipinski definition) is 0. The fourth-order valence-corrected chi connectivity index (χ4v) is 2.69. The van der Waals surface area contributed by atoms with Crippen LogP contribution in [0.2, 0.25) is 5.02 Å². The molecular weight excluding hydrogens is 332 g/mol. The van der Waals surface area contributed by atoms with E-state index in [-0.39, 0.29) is 0 Å². The first kappa shape index (κ1) is 14.8. The van der Waals surface area contributed by atoms with E-state index >= 15 is 0 Å². The molecule has 0 radical (unpaired) electrons. The lowest BCUT2D eigenvalue weighted by Gasteiger charge is -2.20. The van der Waals surface area contributed by atoms with Crippen molar-refractivity contribution in [2.24, 2.45) is 0 Å². The van der Waals surface area contributed by atoms with Crippen molar-refractivity contribution in [2.45, 2.75) is 6.61 Å². The third kappa shape index (κ3) is 3.00. The maximum atomic E-state index is 6.22. The Morgan fingerprint density at radius 3 is 2.71 bits per heavy atom. The maximum absolute atomic E-state index is 6.22. The first-order valence-electron chi connectivity index (χ1n) is 7.37. The van der Waals surface area contributed by atoms with Crippen molar-refractivity contribution in [1.29, 1.82) is 0 Å². The first-order valence-corrected chi connectivity index (χ1v) is 7.75. The molecule has 2 aromatic carbocycles. The van der Waals surface area contributed by atoms with E-state index in [4.69, 9.17) is 30.2 Å². The Kier molecular flexibility index (Phi) is 3.96. The van der Waals surface area contributed by atoms with Gasteiger partial charge in [0.1, 0.15) is 25.6 Å². The molecule has 0 amide bonds. The summed E-state index contributed by atoms with van der Waals surface area (Å²) in [5, 5.41) is 8.05. The van der Waals surface area contributed by atoms with Crippen LogP contribution in [-0.4, -0.2) is 23.4 Å². The minimum atomic E-state index is 0.371. The normalized spacial score (nSPS) is 12.9. The second-order valence-corrected chi connectivity index (χ2v) is 5.57. The van der Waals surface area contributed by atoms with Crippen molar-refractivity contribution in [3.05, 3.63) is 53.4 Å². The van der Waals surface area contributed by atoms with E-state index < -0.39 is 0 Å². The highest BCUT2D eigenvalue weighted by molar-refractivity contribution is 6.32. The molecule has 0 aliphatic carbocycles. The molecule has 24 heavy (non-hydrogen) atoms. The zero-order valence-electron chi connectivity index (χ0n) is 12.6. The van der Waals surface area contributed by atoms with E-state index in [1.165, 1.54) is 6.39 Å². The highest BCUT2D eigenvalue weighted by Crippen LogP contribution is 2.38. The van der Waals surface area contributed by atoms with Gasteiger partial charge in [-0.2, -0.15) is 0 Å². The Labute approximate surface area is 142 Å². The van der Waals surface area contributed by atoms with Gasteiger partial charge in [-0.05, 0) is 42.0 Å². The van der Waals surface area contributed by atoms with Crippen molar-refractivity contribution in [3.8, 4) is 28.7 Å². The van der Waals surface area contributed by atoms with Gasteiger partial charge in [-0.1, -0.05) is 11.6 Å². The molecule has 0 atom stereocenters. The summed E-state index contributed by atoms with van der Waals surface area (Å²) in [6.45, 7) is 1.40. The minimum absolute atomic E-state index is 0.371. The van der Waals surface area contributed by atoms with Crippen LogP contribution in [0.25, 0.3) is 11.5 Å². The number of aromatic nitrogens is 2. The van der Waals surface area contributed by atoms with Crippen LogP contribution in [0.15, 0.2) is 47.2 Å². The van der Waals surface area contributed by atoms with E-state index in [1.54, 1.807) is 0 Å². The lowest BCUT2D eigenvalue weighted by Crippen LogP contribution is -2.16. The molecule has 0 spiro atoms. The number of hydrogen-bond acceptors (Lipinski definition) is 6. The van der Waals surface area contributed by atoms with Gasteiger partial charge in [-0.15, -0.1) is 10.2 Å². The van der Waals surface area contributed by atoms with Crippen molar-refractivity contribution in [2.75, 3.05) is 13.2 Å². The van der Waals surface area contributed by atoms with Gasteiger partial charge in [-0.3, -0.25) is 0 Å². The van der Waals surface area contributed by atoms with Crippen molar-refractivity contribution >= 4 is 11.6 Å². The molecule has 0 N–H and O–H groups in total. The number of nitrogens with zero attached hydrogens (tertiary/aromatic N) is 2. The van der Waals surface area contributed by atoms with Crippen LogP contribution >= 0.6 is 11.6 Å². The Morgan fingerprint density at radius 2 is 1.92 bits per heavy atom. The van der Waals surface area contributed by atoms with E-state index in [9.17, 15) is 0 Å². The second-order valence-electron chi connectivity index (χ2n) is 5.16. The molecule has 1 aliphatic heterocycles. The quantitative estimate of drug-likeness (QED) is 0.718. The zero-order valence-corrected chi connectivity index (χ0v) is 13.3. The van der Waals surface area contributed by atoms with E-state index in [0.717, 1.165) is 16.9 Å².